The van der Waals surface area contributed by atoms with Crippen molar-refractivity contribution in [3.63, 3.8) is 0 Å². The molecule has 1 aromatic carbocycles. The van der Waals surface area contributed by atoms with Crippen molar-refractivity contribution in [3.8, 4) is 5.75 Å². The van der Waals surface area contributed by atoms with Gasteiger partial charge in [0.05, 0.1) is 0 Å². The quantitative estimate of drug-likeness (QED) is 0.786. The summed E-state index contributed by atoms with van der Waals surface area (Å²) in [6.45, 7) is 9.84. The maximum Gasteiger partial charge on any atom is 0.122 e. The van der Waals surface area contributed by atoms with Gasteiger partial charge in [0.1, 0.15) is 11.9 Å². The van der Waals surface area contributed by atoms with E-state index in [1.54, 1.807) is 0 Å². The van der Waals surface area contributed by atoms with E-state index in [0.717, 1.165) is 12.3 Å². The van der Waals surface area contributed by atoms with Crippen LogP contribution in [-0.2, 0) is 0 Å². The lowest BCUT2D eigenvalue weighted by atomic mass is 10.0. The smallest absolute Gasteiger partial charge is 0.122 e. The van der Waals surface area contributed by atoms with Gasteiger partial charge in [-0.2, -0.15) is 0 Å². The third-order valence-electron chi connectivity index (χ3n) is 4.58. The van der Waals surface area contributed by atoms with Gasteiger partial charge in [-0.05, 0) is 55.8 Å². The first-order valence-corrected chi connectivity index (χ1v) is 8.62. The number of hydrogen-bond donors (Lipinski definition) is 1. The molecule has 0 heterocycles. The fourth-order valence-electron chi connectivity index (χ4n) is 3.18. The van der Waals surface area contributed by atoms with Gasteiger partial charge in [0, 0.05) is 6.04 Å². The summed E-state index contributed by atoms with van der Waals surface area (Å²) in [5, 5.41) is 3.63. The van der Waals surface area contributed by atoms with Crippen LogP contribution < -0.4 is 10.1 Å². The highest BCUT2D eigenvalue weighted by atomic mass is 16.5. The van der Waals surface area contributed by atoms with Crippen molar-refractivity contribution in [3.05, 3.63) is 29.3 Å². The van der Waals surface area contributed by atoms with Crippen molar-refractivity contribution in [2.45, 2.75) is 77.9 Å². The molecule has 2 rings (SSSR count). The van der Waals surface area contributed by atoms with Gasteiger partial charge in [0.2, 0.25) is 0 Å². The highest BCUT2D eigenvalue weighted by Gasteiger charge is 2.25. The van der Waals surface area contributed by atoms with Gasteiger partial charge in [-0.1, -0.05) is 45.7 Å². The summed E-state index contributed by atoms with van der Waals surface area (Å²) in [6.07, 6.45) is 6.67. The molecular weight excluding hydrogens is 258 g/mol. The normalized spacial score (nSPS) is 23.1. The summed E-state index contributed by atoms with van der Waals surface area (Å²) in [4.78, 5) is 0. The predicted octanol–water partition coefficient (Wildman–Crippen LogP) is 4.81. The van der Waals surface area contributed by atoms with E-state index in [0.29, 0.717) is 18.1 Å². The molecule has 0 aromatic heterocycles. The van der Waals surface area contributed by atoms with E-state index >= 15 is 0 Å². The van der Waals surface area contributed by atoms with Crippen molar-refractivity contribution in [1.29, 1.82) is 0 Å². The fourth-order valence-corrected chi connectivity index (χ4v) is 3.18. The molecule has 118 valence electrons. The van der Waals surface area contributed by atoms with Crippen LogP contribution in [0, 0.1) is 6.92 Å². The molecule has 2 unspecified atom stereocenters. The summed E-state index contributed by atoms with van der Waals surface area (Å²) in [5.41, 5.74) is 2.61. The van der Waals surface area contributed by atoms with Gasteiger partial charge in [0.15, 0.2) is 0 Å². The topological polar surface area (TPSA) is 21.3 Å². The van der Waals surface area contributed by atoms with Gasteiger partial charge in [-0.15, -0.1) is 0 Å². The van der Waals surface area contributed by atoms with Gasteiger partial charge in [-0.3, -0.25) is 0 Å². The second kappa shape index (κ2) is 7.84. The minimum absolute atomic E-state index is 0.313. The molecule has 0 amide bonds. The largest absolute Gasteiger partial charge is 0.489 e. The molecule has 2 heteroatoms. The van der Waals surface area contributed by atoms with E-state index in [-0.39, 0.29) is 0 Å². The average Bonchev–Trinajstić information content (AvgIpc) is 2.67. The molecule has 2 nitrogen and oxygen atoms in total. The first kappa shape index (κ1) is 16.4. The molecule has 1 aromatic rings. The van der Waals surface area contributed by atoms with E-state index in [1.807, 2.05) is 0 Å². The number of aryl methyl sites for hydroxylation is 1. The molecule has 1 saturated carbocycles. The van der Waals surface area contributed by atoms with Gasteiger partial charge in [-0.25, -0.2) is 0 Å². The molecule has 0 aliphatic heterocycles. The molecule has 1 aliphatic carbocycles. The Hall–Kier alpha value is -1.02. The van der Waals surface area contributed by atoms with Crippen LogP contribution in [0.3, 0.4) is 0 Å². The Bertz CT molecular complexity index is 441. The molecular formula is C19H31NO. The van der Waals surface area contributed by atoms with E-state index < -0.39 is 0 Å². The van der Waals surface area contributed by atoms with Crippen molar-refractivity contribution in [2.75, 3.05) is 6.54 Å². The molecule has 0 bridgehead atoms. The minimum atomic E-state index is 0.313. The Morgan fingerprint density at radius 1 is 1.19 bits per heavy atom. The van der Waals surface area contributed by atoms with Gasteiger partial charge in [0.25, 0.3) is 0 Å². The number of nitrogens with one attached hydrogen (secondary N) is 1. The SMILES string of the molecule is CCNC1CCCCCC1Oc1cc(C(C)C)ccc1C. The zero-order valence-corrected chi connectivity index (χ0v) is 14.1. The summed E-state index contributed by atoms with van der Waals surface area (Å²) in [6, 6.07) is 7.17. The Labute approximate surface area is 130 Å². The maximum absolute atomic E-state index is 6.46. The van der Waals surface area contributed by atoms with Crippen LogP contribution in [0.25, 0.3) is 0 Å². The summed E-state index contributed by atoms with van der Waals surface area (Å²) in [5.74, 6) is 1.63. The third-order valence-corrected chi connectivity index (χ3v) is 4.58. The number of likely N-dealkylation sites (N-methyl/N-ethyl adjacent to an activating group) is 1. The Balaban J connectivity index is 2.15. The van der Waals surface area contributed by atoms with Crippen molar-refractivity contribution in [2.24, 2.45) is 0 Å². The van der Waals surface area contributed by atoms with Crippen molar-refractivity contribution >= 4 is 0 Å². The molecule has 0 saturated heterocycles. The summed E-state index contributed by atoms with van der Waals surface area (Å²) < 4.78 is 6.46. The zero-order valence-electron chi connectivity index (χ0n) is 14.1. The van der Waals surface area contributed by atoms with Crippen molar-refractivity contribution < 1.29 is 4.74 Å². The molecule has 1 N–H and O–H groups in total. The number of benzene rings is 1. The number of rotatable bonds is 5. The van der Waals surface area contributed by atoms with E-state index in [1.165, 1.54) is 43.2 Å². The van der Waals surface area contributed by atoms with E-state index in [4.69, 9.17) is 4.74 Å². The van der Waals surface area contributed by atoms with E-state index in [2.05, 4.69) is 51.2 Å². The Morgan fingerprint density at radius 3 is 2.67 bits per heavy atom. The average molecular weight is 289 g/mol. The van der Waals surface area contributed by atoms with Crippen LogP contribution in [0.4, 0.5) is 0 Å². The van der Waals surface area contributed by atoms with Gasteiger partial charge >= 0.3 is 0 Å². The standard InChI is InChI=1S/C19H31NO/c1-5-20-17-9-7-6-8-10-18(17)21-19-13-16(14(2)3)12-11-15(19)4/h11-14,17-18,20H,5-10H2,1-4H3. The van der Waals surface area contributed by atoms with Crippen LogP contribution in [0.1, 0.15) is 69.9 Å². The van der Waals surface area contributed by atoms with Gasteiger partial charge < -0.3 is 10.1 Å². The molecule has 21 heavy (non-hydrogen) atoms. The minimum Gasteiger partial charge on any atom is -0.489 e. The third kappa shape index (κ3) is 4.47. The first-order chi connectivity index (χ1) is 10.1. The van der Waals surface area contributed by atoms with Crippen LogP contribution in [-0.4, -0.2) is 18.7 Å². The number of ether oxygens (including phenoxy) is 1. The highest BCUT2D eigenvalue weighted by molar-refractivity contribution is 5.38. The van der Waals surface area contributed by atoms with Crippen LogP contribution in [0.5, 0.6) is 5.75 Å². The van der Waals surface area contributed by atoms with Crippen LogP contribution in [0.15, 0.2) is 18.2 Å². The molecule has 2 atom stereocenters. The zero-order chi connectivity index (χ0) is 15.2. The molecule has 1 fully saturated rings. The van der Waals surface area contributed by atoms with E-state index in [9.17, 15) is 0 Å². The van der Waals surface area contributed by atoms with Crippen molar-refractivity contribution in [1.82, 2.24) is 5.32 Å². The molecule has 1 aliphatic rings. The maximum atomic E-state index is 6.46. The van der Waals surface area contributed by atoms with Crippen LogP contribution in [0.2, 0.25) is 0 Å². The lowest BCUT2D eigenvalue weighted by Crippen LogP contribution is -2.42. The predicted molar refractivity (Wildman–Crippen MR) is 90.2 cm³/mol. The highest BCUT2D eigenvalue weighted by Crippen LogP contribution is 2.28. The lowest BCUT2D eigenvalue weighted by Gasteiger charge is -2.28. The fraction of sp³-hybridized carbons (Fsp3) is 0.684. The number of hydrogen-bond acceptors (Lipinski definition) is 2. The summed E-state index contributed by atoms with van der Waals surface area (Å²) in [7, 11) is 0. The van der Waals surface area contributed by atoms with Crippen LogP contribution >= 0.6 is 0 Å². The Kier molecular flexibility index (Phi) is 6.10. The molecule has 0 spiro atoms. The lowest BCUT2D eigenvalue weighted by molar-refractivity contribution is 0.144. The second-order valence-electron chi connectivity index (χ2n) is 6.64. The molecule has 0 radical (unpaired) electrons. The summed E-state index contributed by atoms with van der Waals surface area (Å²) >= 11 is 0. The Morgan fingerprint density at radius 2 is 1.95 bits per heavy atom. The first-order valence-electron chi connectivity index (χ1n) is 8.62. The monoisotopic (exact) mass is 289 g/mol. The second-order valence-corrected chi connectivity index (χ2v) is 6.64.